The molecule has 0 atom stereocenters. The van der Waals surface area contributed by atoms with Gasteiger partial charge in [0.15, 0.2) is 0 Å². The van der Waals surface area contributed by atoms with Gasteiger partial charge in [-0.3, -0.25) is 0 Å². The lowest BCUT2D eigenvalue weighted by atomic mass is 9.86. The predicted octanol–water partition coefficient (Wildman–Crippen LogP) is 3.94. The lowest BCUT2D eigenvalue weighted by Crippen LogP contribution is -2.11. The van der Waals surface area contributed by atoms with Crippen molar-refractivity contribution in [2.45, 2.75) is 46.0 Å². The van der Waals surface area contributed by atoms with Crippen molar-refractivity contribution in [3.8, 4) is 0 Å². The normalized spacial score (nSPS) is 11.7. The first kappa shape index (κ1) is 10.3. The Morgan fingerprint density at radius 2 is 1.85 bits per heavy atom. The highest BCUT2D eigenvalue weighted by molar-refractivity contribution is 5.28. The molecule has 72 valence electrons. The van der Waals surface area contributed by atoms with E-state index < -0.39 is 0 Å². The summed E-state index contributed by atoms with van der Waals surface area (Å²) in [6.07, 6.45) is 2.43. The van der Waals surface area contributed by atoms with E-state index in [1.54, 1.807) is 0 Å². The highest BCUT2D eigenvalue weighted by Crippen LogP contribution is 2.23. The highest BCUT2D eigenvalue weighted by atomic mass is 14.2. The first-order chi connectivity index (χ1) is 6.04. The first-order valence-corrected chi connectivity index (χ1v) is 5.13. The van der Waals surface area contributed by atoms with Crippen LogP contribution >= 0.6 is 0 Å². The van der Waals surface area contributed by atoms with Crippen LogP contribution in [-0.4, -0.2) is 0 Å². The molecule has 0 saturated carbocycles. The third kappa shape index (κ3) is 2.87. The summed E-state index contributed by atoms with van der Waals surface area (Å²) >= 11 is 0. The quantitative estimate of drug-likeness (QED) is 0.640. The second kappa shape index (κ2) is 3.95. The van der Waals surface area contributed by atoms with Gasteiger partial charge in [-0.05, 0) is 23.0 Å². The summed E-state index contributed by atoms with van der Waals surface area (Å²) in [5.74, 6) is 0. The van der Waals surface area contributed by atoms with E-state index in [1.165, 1.54) is 24.0 Å². The minimum absolute atomic E-state index is 0.281. The lowest BCUT2D eigenvalue weighted by molar-refractivity contribution is 0.589. The Morgan fingerprint density at radius 3 is 2.38 bits per heavy atom. The molecule has 0 N–H and O–H groups in total. The van der Waals surface area contributed by atoms with E-state index in [1.807, 2.05) is 0 Å². The zero-order valence-corrected chi connectivity index (χ0v) is 9.22. The Bertz CT molecular complexity index is 266. The van der Waals surface area contributed by atoms with Gasteiger partial charge in [-0.1, -0.05) is 58.4 Å². The molecule has 0 radical (unpaired) electrons. The molecule has 0 aliphatic heterocycles. The maximum atomic E-state index is 2.34. The number of benzene rings is 1. The SMILES string of the molecule is CCCc1cccc(C(C)(C)C)c1. The summed E-state index contributed by atoms with van der Waals surface area (Å²) in [7, 11) is 0. The summed E-state index contributed by atoms with van der Waals surface area (Å²) in [6, 6.07) is 8.95. The van der Waals surface area contributed by atoms with Gasteiger partial charge in [0.05, 0.1) is 0 Å². The topological polar surface area (TPSA) is 0 Å². The van der Waals surface area contributed by atoms with Crippen LogP contribution in [0.2, 0.25) is 0 Å². The van der Waals surface area contributed by atoms with Gasteiger partial charge in [0.25, 0.3) is 0 Å². The molecule has 0 heterocycles. The van der Waals surface area contributed by atoms with Gasteiger partial charge in [-0.15, -0.1) is 0 Å². The summed E-state index contributed by atoms with van der Waals surface area (Å²) in [5, 5.41) is 0. The van der Waals surface area contributed by atoms with Crippen molar-refractivity contribution in [1.82, 2.24) is 0 Å². The summed E-state index contributed by atoms with van der Waals surface area (Å²) < 4.78 is 0. The average molecular weight is 176 g/mol. The second-order valence-electron chi connectivity index (χ2n) is 4.70. The number of hydrogen-bond donors (Lipinski definition) is 0. The molecule has 1 rings (SSSR count). The van der Waals surface area contributed by atoms with Crippen molar-refractivity contribution < 1.29 is 0 Å². The summed E-state index contributed by atoms with van der Waals surface area (Å²) in [5.41, 5.74) is 3.19. The van der Waals surface area contributed by atoms with Crippen LogP contribution < -0.4 is 0 Å². The molecule has 0 aliphatic carbocycles. The fourth-order valence-electron chi connectivity index (χ4n) is 1.48. The minimum Gasteiger partial charge on any atom is -0.0651 e. The van der Waals surface area contributed by atoms with Crippen molar-refractivity contribution in [2.24, 2.45) is 0 Å². The van der Waals surface area contributed by atoms with Crippen LogP contribution in [0.25, 0.3) is 0 Å². The van der Waals surface area contributed by atoms with Crippen molar-refractivity contribution in [1.29, 1.82) is 0 Å². The molecule has 0 spiro atoms. The molecular formula is C13H20. The van der Waals surface area contributed by atoms with E-state index >= 15 is 0 Å². The third-order valence-corrected chi connectivity index (χ3v) is 2.33. The number of aryl methyl sites for hydroxylation is 1. The molecule has 0 bridgehead atoms. The summed E-state index contributed by atoms with van der Waals surface area (Å²) in [6.45, 7) is 9.01. The van der Waals surface area contributed by atoms with Crippen LogP contribution in [0.5, 0.6) is 0 Å². The monoisotopic (exact) mass is 176 g/mol. The van der Waals surface area contributed by atoms with Crippen LogP contribution in [0, 0.1) is 0 Å². The lowest BCUT2D eigenvalue weighted by Gasteiger charge is -2.19. The molecule has 0 nitrogen and oxygen atoms in total. The fraction of sp³-hybridized carbons (Fsp3) is 0.538. The van der Waals surface area contributed by atoms with E-state index in [4.69, 9.17) is 0 Å². The Hall–Kier alpha value is -0.780. The van der Waals surface area contributed by atoms with E-state index in [2.05, 4.69) is 52.0 Å². The Morgan fingerprint density at radius 1 is 1.15 bits per heavy atom. The fourth-order valence-corrected chi connectivity index (χ4v) is 1.48. The molecule has 0 fully saturated rings. The molecular weight excluding hydrogens is 156 g/mol. The third-order valence-electron chi connectivity index (χ3n) is 2.33. The smallest absolute Gasteiger partial charge is 0.0132 e. The van der Waals surface area contributed by atoms with Crippen LogP contribution in [0.1, 0.15) is 45.2 Å². The molecule has 1 aromatic carbocycles. The molecule has 13 heavy (non-hydrogen) atoms. The standard InChI is InChI=1S/C13H20/c1-5-7-11-8-6-9-12(10-11)13(2,3)4/h6,8-10H,5,7H2,1-4H3. The molecule has 0 aromatic heterocycles. The van der Waals surface area contributed by atoms with Crippen molar-refractivity contribution in [3.63, 3.8) is 0 Å². The van der Waals surface area contributed by atoms with Crippen LogP contribution in [0.3, 0.4) is 0 Å². The van der Waals surface area contributed by atoms with Gasteiger partial charge in [-0.2, -0.15) is 0 Å². The molecule has 0 saturated heterocycles. The van der Waals surface area contributed by atoms with Crippen molar-refractivity contribution in [2.75, 3.05) is 0 Å². The Labute approximate surface area is 82.0 Å². The Kier molecular flexibility index (Phi) is 3.13. The van der Waals surface area contributed by atoms with Crippen molar-refractivity contribution >= 4 is 0 Å². The van der Waals surface area contributed by atoms with Gasteiger partial charge in [0, 0.05) is 0 Å². The number of hydrogen-bond acceptors (Lipinski definition) is 0. The predicted molar refractivity (Wildman–Crippen MR) is 59.1 cm³/mol. The molecule has 0 heteroatoms. The van der Waals surface area contributed by atoms with Crippen LogP contribution in [0.15, 0.2) is 24.3 Å². The Balaban J connectivity index is 2.92. The second-order valence-corrected chi connectivity index (χ2v) is 4.70. The zero-order chi connectivity index (χ0) is 9.90. The minimum atomic E-state index is 0.281. The van der Waals surface area contributed by atoms with Crippen molar-refractivity contribution in [3.05, 3.63) is 35.4 Å². The largest absolute Gasteiger partial charge is 0.0651 e. The summed E-state index contributed by atoms with van der Waals surface area (Å²) in [4.78, 5) is 0. The zero-order valence-electron chi connectivity index (χ0n) is 9.22. The van der Waals surface area contributed by atoms with Gasteiger partial charge < -0.3 is 0 Å². The highest BCUT2D eigenvalue weighted by Gasteiger charge is 2.12. The van der Waals surface area contributed by atoms with Gasteiger partial charge in [0.1, 0.15) is 0 Å². The van der Waals surface area contributed by atoms with Crippen LogP contribution in [-0.2, 0) is 11.8 Å². The van der Waals surface area contributed by atoms with Gasteiger partial charge in [-0.25, -0.2) is 0 Å². The number of rotatable bonds is 2. The maximum absolute atomic E-state index is 2.34. The van der Waals surface area contributed by atoms with E-state index in [0.29, 0.717) is 0 Å². The van der Waals surface area contributed by atoms with E-state index in [9.17, 15) is 0 Å². The van der Waals surface area contributed by atoms with Gasteiger partial charge in [0.2, 0.25) is 0 Å². The maximum Gasteiger partial charge on any atom is -0.0132 e. The molecule has 0 amide bonds. The van der Waals surface area contributed by atoms with Gasteiger partial charge >= 0.3 is 0 Å². The first-order valence-electron chi connectivity index (χ1n) is 5.13. The van der Waals surface area contributed by atoms with E-state index in [-0.39, 0.29) is 5.41 Å². The average Bonchev–Trinajstić information content (AvgIpc) is 2.04. The van der Waals surface area contributed by atoms with E-state index in [0.717, 1.165) is 0 Å². The molecule has 0 unspecified atom stereocenters. The molecule has 0 aliphatic rings. The van der Waals surface area contributed by atoms with Crippen LogP contribution in [0.4, 0.5) is 0 Å². The molecule has 1 aromatic rings.